The summed E-state index contributed by atoms with van der Waals surface area (Å²) in [5.41, 5.74) is 1.79. The highest BCUT2D eigenvalue weighted by Gasteiger charge is 2.49. The number of amides is 1. The molecule has 1 aliphatic rings. The van der Waals surface area contributed by atoms with E-state index in [0.29, 0.717) is 6.54 Å². The minimum atomic E-state index is -0.476. The van der Waals surface area contributed by atoms with Crippen LogP contribution in [0, 0.1) is 12.3 Å². The summed E-state index contributed by atoms with van der Waals surface area (Å²) in [6.45, 7) is 2.57. The van der Waals surface area contributed by atoms with Crippen molar-refractivity contribution >= 4 is 5.91 Å². The standard InChI is InChI=1S/C15H21NO3/c1-11-9-12(3-4-13(11)19-2)5-8-16-14(18)15(10-17)6-7-15/h3-4,9,17H,5-8,10H2,1-2H3,(H,16,18). The van der Waals surface area contributed by atoms with Crippen LogP contribution in [0.25, 0.3) is 0 Å². The Labute approximate surface area is 113 Å². The molecule has 0 spiro atoms. The molecule has 1 aromatic rings. The smallest absolute Gasteiger partial charge is 0.228 e. The number of hydrogen-bond acceptors (Lipinski definition) is 3. The minimum absolute atomic E-state index is 0.0137. The Kier molecular flexibility index (Phi) is 4.10. The van der Waals surface area contributed by atoms with Crippen LogP contribution in [-0.4, -0.2) is 31.3 Å². The first-order valence-corrected chi connectivity index (χ1v) is 6.64. The highest BCUT2D eigenvalue weighted by molar-refractivity contribution is 5.85. The lowest BCUT2D eigenvalue weighted by Crippen LogP contribution is -2.35. The Morgan fingerprint density at radius 2 is 2.21 bits per heavy atom. The van der Waals surface area contributed by atoms with Gasteiger partial charge in [-0.1, -0.05) is 12.1 Å². The first kappa shape index (κ1) is 13.9. The SMILES string of the molecule is COc1ccc(CCNC(=O)C2(CO)CC2)cc1C. The molecule has 1 saturated carbocycles. The summed E-state index contributed by atoms with van der Waals surface area (Å²) in [4.78, 5) is 11.8. The molecule has 4 nitrogen and oxygen atoms in total. The highest BCUT2D eigenvalue weighted by Crippen LogP contribution is 2.45. The second-order valence-corrected chi connectivity index (χ2v) is 5.25. The summed E-state index contributed by atoms with van der Waals surface area (Å²) < 4.78 is 5.21. The zero-order valence-electron chi connectivity index (χ0n) is 11.5. The molecule has 1 amide bonds. The Bertz CT molecular complexity index is 466. The largest absolute Gasteiger partial charge is 0.496 e. The van der Waals surface area contributed by atoms with E-state index in [1.165, 1.54) is 5.56 Å². The van der Waals surface area contributed by atoms with Gasteiger partial charge in [-0.15, -0.1) is 0 Å². The first-order valence-electron chi connectivity index (χ1n) is 6.64. The van der Waals surface area contributed by atoms with Gasteiger partial charge in [-0.05, 0) is 43.4 Å². The molecular formula is C15H21NO3. The van der Waals surface area contributed by atoms with Gasteiger partial charge in [-0.25, -0.2) is 0 Å². The van der Waals surface area contributed by atoms with Gasteiger partial charge in [0.05, 0.1) is 19.1 Å². The number of nitrogens with one attached hydrogen (secondary N) is 1. The molecule has 2 rings (SSSR count). The lowest BCUT2D eigenvalue weighted by atomic mass is 10.1. The van der Waals surface area contributed by atoms with Crippen molar-refractivity contribution in [2.24, 2.45) is 5.41 Å². The van der Waals surface area contributed by atoms with Gasteiger partial charge in [0.1, 0.15) is 5.75 Å². The van der Waals surface area contributed by atoms with E-state index < -0.39 is 5.41 Å². The van der Waals surface area contributed by atoms with Crippen molar-refractivity contribution in [2.75, 3.05) is 20.3 Å². The van der Waals surface area contributed by atoms with Crippen LogP contribution in [0.5, 0.6) is 5.75 Å². The quantitative estimate of drug-likeness (QED) is 0.816. The fourth-order valence-corrected chi connectivity index (χ4v) is 2.21. The summed E-state index contributed by atoms with van der Waals surface area (Å²) in [6.07, 6.45) is 2.39. The molecule has 1 aliphatic carbocycles. The molecule has 0 atom stereocenters. The summed E-state index contributed by atoms with van der Waals surface area (Å²) in [5, 5.41) is 12.1. The van der Waals surface area contributed by atoms with Gasteiger partial charge in [0.2, 0.25) is 5.91 Å². The predicted molar refractivity (Wildman–Crippen MR) is 73.2 cm³/mol. The monoisotopic (exact) mass is 263 g/mol. The third-order valence-corrected chi connectivity index (χ3v) is 3.80. The van der Waals surface area contributed by atoms with Gasteiger partial charge in [-0.2, -0.15) is 0 Å². The van der Waals surface area contributed by atoms with Crippen molar-refractivity contribution < 1.29 is 14.6 Å². The van der Waals surface area contributed by atoms with Crippen molar-refractivity contribution in [1.29, 1.82) is 0 Å². The number of aliphatic hydroxyl groups is 1. The molecule has 0 unspecified atom stereocenters. The summed E-state index contributed by atoms with van der Waals surface area (Å²) in [6, 6.07) is 6.03. The maximum Gasteiger partial charge on any atom is 0.228 e. The number of carbonyl (C=O) groups is 1. The predicted octanol–water partition coefficient (Wildman–Crippen LogP) is 1.43. The van der Waals surface area contributed by atoms with E-state index >= 15 is 0 Å². The van der Waals surface area contributed by atoms with Crippen molar-refractivity contribution in [1.82, 2.24) is 5.32 Å². The first-order chi connectivity index (χ1) is 9.11. The zero-order valence-corrected chi connectivity index (χ0v) is 11.5. The van der Waals surface area contributed by atoms with Crippen LogP contribution in [-0.2, 0) is 11.2 Å². The maximum atomic E-state index is 11.8. The lowest BCUT2D eigenvalue weighted by Gasteiger charge is -2.12. The lowest BCUT2D eigenvalue weighted by molar-refractivity contribution is -0.127. The van der Waals surface area contributed by atoms with E-state index in [0.717, 1.165) is 30.6 Å². The Hall–Kier alpha value is -1.55. The van der Waals surface area contributed by atoms with E-state index in [1.54, 1.807) is 7.11 Å². The normalized spacial score (nSPS) is 15.9. The van der Waals surface area contributed by atoms with E-state index in [1.807, 2.05) is 19.1 Å². The third-order valence-electron chi connectivity index (χ3n) is 3.80. The second-order valence-electron chi connectivity index (χ2n) is 5.25. The fourth-order valence-electron chi connectivity index (χ4n) is 2.21. The van der Waals surface area contributed by atoms with Crippen molar-refractivity contribution in [3.8, 4) is 5.75 Å². The van der Waals surface area contributed by atoms with Crippen LogP contribution < -0.4 is 10.1 Å². The average Bonchev–Trinajstić information content (AvgIpc) is 3.20. The van der Waals surface area contributed by atoms with Gasteiger partial charge in [-0.3, -0.25) is 4.79 Å². The van der Waals surface area contributed by atoms with Gasteiger partial charge in [0.15, 0.2) is 0 Å². The molecule has 0 saturated heterocycles. The van der Waals surface area contributed by atoms with Gasteiger partial charge in [0, 0.05) is 6.54 Å². The summed E-state index contributed by atoms with van der Waals surface area (Å²) in [5.74, 6) is 0.866. The van der Waals surface area contributed by atoms with Crippen LogP contribution in [0.1, 0.15) is 24.0 Å². The molecule has 1 fully saturated rings. The van der Waals surface area contributed by atoms with Gasteiger partial charge in [0.25, 0.3) is 0 Å². The molecule has 104 valence electrons. The van der Waals surface area contributed by atoms with E-state index in [-0.39, 0.29) is 12.5 Å². The Morgan fingerprint density at radius 1 is 1.47 bits per heavy atom. The molecule has 0 heterocycles. The van der Waals surface area contributed by atoms with Crippen molar-refractivity contribution in [2.45, 2.75) is 26.2 Å². The van der Waals surface area contributed by atoms with Crippen LogP contribution >= 0.6 is 0 Å². The van der Waals surface area contributed by atoms with Crippen molar-refractivity contribution in [3.05, 3.63) is 29.3 Å². The molecule has 0 aliphatic heterocycles. The number of aliphatic hydroxyl groups excluding tert-OH is 1. The summed E-state index contributed by atoms with van der Waals surface area (Å²) >= 11 is 0. The van der Waals surface area contributed by atoms with Crippen molar-refractivity contribution in [3.63, 3.8) is 0 Å². The average molecular weight is 263 g/mol. The number of methoxy groups -OCH3 is 1. The molecule has 4 heteroatoms. The topological polar surface area (TPSA) is 58.6 Å². The molecule has 19 heavy (non-hydrogen) atoms. The molecule has 0 aromatic heterocycles. The zero-order chi connectivity index (χ0) is 13.9. The van der Waals surface area contributed by atoms with Crippen LogP contribution in [0.2, 0.25) is 0 Å². The fraction of sp³-hybridized carbons (Fsp3) is 0.533. The number of hydrogen-bond donors (Lipinski definition) is 2. The van der Waals surface area contributed by atoms with E-state index in [4.69, 9.17) is 9.84 Å². The van der Waals surface area contributed by atoms with E-state index in [9.17, 15) is 4.79 Å². The number of carbonyl (C=O) groups excluding carboxylic acids is 1. The number of ether oxygens (including phenoxy) is 1. The number of rotatable bonds is 6. The Morgan fingerprint density at radius 3 is 2.74 bits per heavy atom. The second kappa shape index (κ2) is 5.61. The minimum Gasteiger partial charge on any atom is -0.496 e. The van der Waals surface area contributed by atoms with Crippen LogP contribution in [0.3, 0.4) is 0 Å². The molecule has 0 bridgehead atoms. The molecule has 2 N–H and O–H groups in total. The highest BCUT2D eigenvalue weighted by atomic mass is 16.5. The number of aryl methyl sites for hydroxylation is 1. The number of benzene rings is 1. The molecule has 0 radical (unpaired) electrons. The Balaban J connectivity index is 1.83. The van der Waals surface area contributed by atoms with Gasteiger partial charge < -0.3 is 15.2 Å². The molecular weight excluding hydrogens is 242 g/mol. The van der Waals surface area contributed by atoms with Crippen LogP contribution in [0.15, 0.2) is 18.2 Å². The third kappa shape index (κ3) is 3.07. The van der Waals surface area contributed by atoms with Crippen LogP contribution in [0.4, 0.5) is 0 Å². The molecule has 1 aromatic carbocycles. The van der Waals surface area contributed by atoms with E-state index in [2.05, 4.69) is 11.4 Å². The maximum absolute atomic E-state index is 11.8. The van der Waals surface area contributed by atoms with Gasteiger partial charge >= 0.3 is 0 Å². The summed E-state index contributed by atoms with van der Waals surface area (Å²) in [7, 11) is 1.66.